The largest absolute Gasteiger partial charge is 0.344 e. The Morgan fingerprint density at radius 2 is 2.00 bits per heavy atom. The van der Waals surface area contributed by atoms with Crippen molar-refractivity contribution in [2.75, 3.05) is 13.1 Å². The summed E-state index contributed by atoms with van der Waals surface area (Å²) in [5.41, 5.74) is 0.420. The zero-order valence-electron chi connectivity index (χ0n) is 9.09. The predicted molar refractivity (Wildman–Crippen MR) is 57.8 cm³/mol. The quantitative estimate of drug-likeness (QED) is 0.664. The van der Waals surface area contributed by atoms with Gasteiger partial charge in [-0.3, -0.25) is 0 Å². The highest BCUT2D eigenvalue weighted by atomic mass is 16.2. The van der Waals surface area contributed by atoms with E-state index in [1.807, 2.05) is 6.07 Å². The summed E-state index contributed by atoms with van der Waals surface area (Å²) < 4.78 is 1.25. The number of aromatic nitrogens is 2. The third-order valence-corrected chi connectivity index (χ3v) is 2.78. The van der Waals surface area contributed by atoms with Gasteiger partial charge in [0, 0.05) is 13.1 Å². The Balaban J connectivity index is 2.08. The van der Waals surface area contributed by atoms with Crippen LogP contribution in [0.3, 0.4) is 0 Å². The highest BCUT2D eigenvalue weighted by Gasteiger charge is 2.17. The number of rotatable bonds is 0. The van der Waals surface area contributed by atoms with Crippen LogP contribution in [0.5, 0.6) is 0 Å². The zero-order valence-corrected chi connectivity index (χ0v) is 9.09. The van der Waals surface area contributed by atoms with Gasteiger partial charge in [-0.15, -0.1) is 0 Å². The van der Waals surface area contributed by atoms with Crippen molar-refractivity contribution >= 4 is 6.03 Å². The second-order valence-electron chi connectivity index (χ2n) is 3.97. The third kappa shape index (κ3) is 2.22. The number of hydrogen-bond donors (Lipinski definition) is 0. The average Bonchev–Trinajstić information content (AvgIpc) is 2.62. The number of nitrogens with zero attached hydrogens (tertiary/aromatic N) is 4. The van der Waals surface area contributed by atoms with E-state index in [0.29, 0.717) is 5.56 Å². The second kappa shape index (κ2) is 4.79. The summed E-state index contributed by atoms with van der Waals surface area (Å²) in [5, 5.41) is 12.6. The average molecular weight is 218 g/mol. The molecule has 0 saturated carbocycles. The van der Waals surface area contributed by atoms with Crippen LogP contribution in [-0.2, 0) is 0 Å². The van der Waals surface area contributed by atoms with Crippen LogP contribution in [0.4, 0.5) is 4.79 Å². The van der Waals surface area contributed by atoms with Gasteiger partial charge < -0.3 is 4.90 Å². The molecule has 0 spiro atoms. The fourth-order valence-corrected chi connectivity index (χ4v) is 1.89. The maximum Gasteiger partial charge on any atom is 0.344 e. The lowest BCUT2D eigenvalue weighted by Crippen LogP contribution is -2.35. The van der Waals surface area contributed by atoms with Crippen LogP contribution in [0.2, 0.25) is 0 Å². The Bertz CT molecular complexity index is 410. The van der Waals surface area contributed by atoms with Crippen LogP contribution < -0.4 is 0 Å². The molecule has 0 bridgehead atoms. The van der Waals surface area contributed by atoms with Crippen molar-refractivity contribution in [3.05, 3.63) is 18.0 Å². The lowest BCUT2D eigenvalue weighted by atomic mass is 10.2. The van der Waals surface area contributed by atoms with Crippen molar-refractivity contribution in [1.82, 2.24) is 14.7 Å². The molecule has 1 amide bonds. The summed E-state index contributed by atoms with van der Waals surface area (Å²) in [5.74, 6) is 0. The smallest absolute Gasteiger partial charge is 0.323 e. The van der Waals surface area contributed by atoms with Gasteiger partial charge in [0.2, 0.25) is 0 Å². The van der Waals surface area contributed by atoms with Gasteiger partial charge in [0.15, 0.2) is 0 Å². The van der Waals surface area contributed by atoms with E-state index < -0.39 is 0 Å². The number of carbonyl (C=O) groups excluding carboxylic acids is 1. The first-order valence-corrected chi connectivity index (χ1v) is 5.55. The van der Waals surface area contributed by atoms with E-state index in [2.05, 4.69) is 5.10 Å². The van der Waals surface area contributed by atoms with Crippen molar-refractivity contribution in [2.24, 2.45) is 0 Å². The van der Waals surface area contributed by atoms with Gasteiger partial charge in [0.1, 0.15) is 6.07 Å². The van der Waals surface area contributed by atoms with Crippen LogP contribution in [0.15, 0.2) is 12.4 Å². The minimum absolute atomic E-state index is 0.122. The number of carbonyl (C=O) groups is 1. The van der Waals surface area contributed by atoms with Crippen molar-refractivity contribution in [3.8, 4) is 6.07 Å². The molecule has 0 atom stereocenters. The summed E-state index contributed by atoms with van der Waals surface area (Å²) in [6.45, 7) is 1.58. The standard InChI is InChI=1S/C11H14N4O/c12-7-10-8-13-15(9-10)11(16)14-5-3-1-2-4-6-14/h8-9H,1-6H2. The molecular formula is C11H14N4O. The summed E-state index contributed by atoms with van der Waals surface area (Å²) in [6.07, 6.45) is 7.37. The van der Waals surface area contributed by atoms with Crippen molar-refractivity contribution < 1.29 is 4.79 Å². The molecule has 0 aliphatic carbocycles. The number of hydrogen-bond acceptors (Lipinski definition) is 3. The van der Waals surface area contributed by atoms with E-state index in [0.717, 1.165) is 25.9 Å². The fraction of sp³-hybridized carbons (Fsp3) is 0.545. The highest BCUT2D eigenvalue weighted by molar-refractivity contribution is 5.76. The number of amides is 1. The highest BCUT2D eigenvalue weighted by Crippen LogP contribution is 2.11. The fourth-order valence-electron chi connectivity index (χ4n) is 1.89. The molecule has 16 heavy (non-hydrogen) atoms. The van der Waals surface area contributed by atoms with Crippen molar-refractivity contribution in [1.29, 1.82) is 5.26 Å². The number of nitriles is 1. The van der Waals surface area contributed by atoms with E-state index in [9.17, 15) is 4.79 Å². The van der Waals surface area contributed by atoms with E-state index in [1.54, 1.807) is 4.90 Å². The molecule has 0 unspecified atom stereocenters. The van der Waals surface area contributed by atoms with Gasteiger partial charge in [-0.1, -0.05) is 12.8 Å². The second-order valence-corrected chi connectivity index (χ2v) is 3.97. The lowest BCUT2D eigenvalue weighted by molar-refractivity contribution is 0.198. The molecule has 1 aliphatic rings. The van der Waals surface area contributed by atoms with Crippen LogP contribution in [0.1, 0.15) is 31.2 Å². The first-order valence-electron chi connectivity index (χ1n) is 5.55. The lowest BCUT2D eigenvalue weighted by Gasteiger charge is -2.19. The SMILES string of the molecule is N#Cc1cnn(C(=O)N2CCCCCC2)c1. The van der Waals surface area contributed by atoms with Crippen LogP contribution in [0.25, 0.3) is 0 Å². The molecule has 2 rings (SSSR count). The summed E-state index contributed by atoms with van der Waals surface area (Å²) in [7, 11) is 0. The Morgan fingerprint density at radius 3 is 2.56 bits per heavy atom. The Hall–Kier alpha value is -1.83. The third-order valence-electron chi connectivity index (χ3n) is 2.78. The van der Waals surface area contributed by atoms with Gasteiger partial charge >= 0.3 is 6.03 Å². The summed E-state index contributed by atoms with van der Waals surface area (Å²) >= 11 is 0. The van der Waals surface area contributed by atoms with E-state index in [-0.39, 0.29) is 6.03 Å². The molecule has 84 valence electrons. The first kappa shape index (κ1) is 10.7. The first-order chi connectivity index (χ1) is 7.81. The van der Waals surface area contributed by atoms with Gasteiger partial charge in [-0.25, -0.2) is 4.79 Å². The van der Waals surface area contributed by atoms with Crippen molar-refractivity contribution in [2.45, 2.75) is 25.7 Å². The Labute approximate surface area is 94.3 Å². The maximum atomic E-state index is 12.0. The normalized spacial score (nSPS) is 16.6. The van der Waals surface area contributed by atoms with Gasteiger partial charge in [-0.2, -0.15) is 15.0 Å². The van der Waals surface area contributed by atoms with Gasteiger partial charge in [-0.05, 0) is 12.8 Å². The number of likely N-dealkylation sites (tertiary alicyclic amines) is 1. The zero-order chi connectivity index (χ0) is 11.4. The Kier molecular flexibility index (Phi) is 3.20. The maximum absolute atomic E-state index is 12.0. The van der Waals surface area contributed by atoms with E-state index in [1.165, 1.54) is 29.9 Å². The minimum atomic E-state index is -0.122. The summed E-state index contributed by atoms with van der Waals surface area (Å²) in [4.78, 5) is 13.8. The van der Waals surface area contributed by atoms with Crippen molar-refractivity contribution in [3.63, 3.8) is 0 Å². The topological polar surface area (TPSA) is 61.9 Å². The Morgan fingerprint density at radius 1 is 1.31 bits per heavy atom. The molecule has 0 N–H and O–H groups in total. The van der Waals surface area contributed by atoms with Gasteiger partial charge in [0.05, 0.1) is 18.0 Å². The molecule has 0 aromatic carbocycles. The molecule has 1 aromatic rings. The van der Waals surface area contributed by atoms with Gasteiger partial charge in [0.25, 0.3) is 0 Å². The molecule has 0 radical (unpaired) electrons. The molecule has 1 aliphatic heterocycles. The van der Waals surface area contributed by atoms with E-state index >= 15 is 0 Å². The van der Waals surface area contributed by atoms with Crippen LogP contribution >= 0.6 is 0 Å². The molecule has 5 nitrogen and oxygen atoms in total. The monoisotopic (exact) mass is 218 g/mol. The van der Waals surface area contributed by atoms with Crippen LogP contribution in [0, 0.1) is 11.3 Å². The summed E-state index contributed by atoms with van der Waals surface area (Å²) in [6, 6.07) is 1.84. The molecule has 1 fully saturated rings. The minimum Gasteiger partial charge on any atom is -0.323 e. The predicted octanol–water partition coefficient (Wildman–Crippen LogP) is 1.60. The van der Waals surface area contributed by atoms with Crippen LogP contribution in [-0.4, -0.2) is 33.8 Å². The molecular weight excluding hydrogens is 204 g/mol. The molecule has 5 heteroatoms. The molecule has 1 aromatic heterocycles. The van der Waals surface area contributed by atoms with E-state index in [4.69, 9.17) is 5.26 Å². The molecule has 2 heterocycles. The molecule has 1 saturated heterocycles.